The Morgan fingerprint density at radius 1 is 1.03 bits per heavy atom. The monoisotopic (exact) mass is 532 g/mol. The van der Waals surface area contributed by atoms with E-state index in [1.54, 1.807) is 24.3 Å². The molecule has 1 aliphatic rings. The summed E-state index contributed by atoms with van der Waals surface area (Å²) in [6.07, 6.45) is -2.30. The smallest absolute Gasteiger partial charge is 0.417 e. The zero-order valence-electron chi connectivity index (χ0n) is 19.1. The van der Waals surface area contributed by atoms with Crippen molar-refractivity contribution in [3.05, 3.63) is 76.9 Å². The van der Waals surface area contributed by atoms with E-state index in [1.165, 1.54) is 29.3 Å². The van der Waals surface area contributed by atoms with Crippen molar-refractivity contribution in [2.24, 2.45) is 0 Å². The molecule has 0 unspecified atom stereocenters. The van der Waals surface area contributed by atoms with Crippen molar-refractivity contribution in [2.45, 2.75) is 25.1 Å². The quantitative estimate of drug-likeness (QED) is 0.387. The molecule has 0 radical (unpaired) electrons. The molecule has 0 bridgehead atoms. The second-order valence-electron chi connectivity index (χ2n) is 8.28. The lowest BCUT2D eigenvalue weighted by atomic mass is 10.0. The Balaban J connectivity index is 1.42. The molecule has 1 fully saturated rings. The number of carboxylic acids is 1. The van der Waals surface area contributed by atoms with Crippen LogP contribution in [0.3, 0.4) is 0 Å². The minimum absolute atomic E-state index is 0.1000. The van der Waals surface area contributed by atoms with E-state index in [2.05, 4.69) is 15.6 Å². The van der Waals surface area contributed by atoms with Crippen LogP contribution in [-0.4, -0.2) is 45.5 Å². The SMILES string of the molecule is O=C(O)c1cccc(-c2ccc(NC(=O)[C@H]3CCCN3C(=O)Nc3ccc(Cl)c(C(F)(F)F)c3)nc2)c1. The second-order valence-corrected chi connectivity index (χ2v) is 8.69. The number of urea groups is 1. The van der Waals surface area contributed by atoms with Gasteiger partial charge in [-0.05, 0) is 60.9 Å². The highest BCUT2D eigenvalue weighted by Gasteiger charge is 2.36. The van der Waals surface area contributed by atoms with Gasteiger partial charge in [-0.3, -0.25) is 4.79 Å². The Bertz CT molecular complexity index is 1350. The maximum atomic E-state index is 13.1. The summed E-state index contributed by atoms with van der Waals surface area (Å²) in [6.45, 7) is 0.246. The van der Waals surface area contributed by atoms with Gasteiger partial charge < -0.3 is 20.6 Å². The third-order valence-electron chi connectivity index (χ3n) is 5.80. The molecule has 3 aromatic rings. The van der Waals surface area contributed by atoms with E-state index in [9.17, 15) is 27.6 Å². The molecule has 1 atom stereocenters. The van der Waals surface area contributed by atoms with Crippen LogP contribution in [0.25, 0.3) is 11.1 Å². The Morgan fingerprint density at radius 3 is 2.49 bits per heavy atom. The molecule has 1 saturated heterocycles. The number of hydrogen-bond acceptors (Lipinski definition) is 4. The largest absolute Gasteiger partial charge is 0.478 e. The summed E-state index contributed by atoms with van der Waals surface area (Å²) >= 11 is 5.62. The number of anilines is 2. The van der Waals surface area contributed by atoms with Crippen molar-refractivity contribution in [3.8, 4) is 11.1 Å². The van der Waals surface area contributed by atoms with E-state index in [1.807, 2.05) is 0 Å². The van der Waals surface area contributed by atoms with Gasteiger partial charge in [-0.2, -0.15) is 13.2 Å². The number of benzene rings is 2. The molecule has 1 aromatic heterocycles. The van der Waals surface area contributed by atoms with Gasteiger partial charge >= 0.3 is 18.2 Å². The van der Waals surface area contributed by atoms with Crippen LogP contribution in [0.1, 0.15) is 28.8 Å². The second kappa shape index (κ2) is 10.5. The molecule has 0 aliphatic carbocycles. The van der Waals surface area contributed by atoms with Crippen molar-refractivity contribution in [1.29, 1.82) is 0 Å². The van der Waals surface area contributed by atoms with Crippen LogP contribution in [0, 0.1) is 0 Å². The van der Waals surface area contributed by atoms with Gasteiger partial charge in [-0.1, -0.05) is 23.7 Å². The summed E-state index contributed by atoms with van der Waals surface area (Å²) in [5, 5.41) is 13.7. The van der Waals surface area contributed by atoms with E-state index in [0.717, 1.165) is 12.1 Å². The number of likely N-dealkylation sites (tertiary alicyclic amines) is 1. The first-order valence-electron chi connectivity index (χ1n) is 11.1. The number of rotatable bonds is 5. The summed E-state index contributed by atoms with van der Waals surface area (Å²) < 4.78 is 39.4. The zero-order chi connectivity index (χ0) is 26.7. The number of aromatic nitrogens is 1. The number of amides is 3. The van der Waals surface area contributed by atoms with Crippen LogP contribution in [-0.2, 0) is 11.0 Å². The highest BCUT2D eigenvalue weighted by atomic mass is 35.5. The van der Waals surface area contributed by atoms with Gasteiger partial charge in [0.2, 0.25) is 5.91 Å². The van der Waals surface area contributed by atoms with E-state index in [4.69, 9.17) is 16.7 Å². The summed E-state index contributed by atoms with van der Waals surface area (Å²) in [6, 6.07) is 11.0. The molecule has 1 aliphatic heterocycles. The first-order valence-corrected chi connectivity index (χ1v) is 11.5. The first-order chi connectivity index (χ1) is 17.5. The minimum Gasteiger partial charge on any atom is -0.478 e. The zero-order valence-corrected chi connectivity index (χ0v) is 19.8. The van der Waals surface area contributed by atoms with Crippen molar-refractivity contribution < 1.29 is 32.7 Å². The van der Waals surface area contributed by atoms with Crippen LogP contribution < -0.4 is 10.6 Å². The van der Waals surface area contributed by atoms with Gasteiger partial charge in [0.1, 0.15) is 11.9 Å². The molecular weight excluding hydrogens is 513 g/mol. The van der Waals surface area contributed by atoms with Gasteiger partial charge in [0.25, 0.3) is 0 Å². The number of halogens is 4. The van der Waals surface area contributed by atoms with Crippen LogP contribution in [0.15, 0.2) is 60.8 Å². The Kier molecular flexibility index (Phi) is 7.35. The summed E-state index contributed by atoms with van der Waals surface area (Å²) in [5.74, 6) is -1.32. The molecule has 2 aromatic carbocycles. The molecule has 0 spiro atoms. The number of carbonyl (C=O) groups excluding carboxylic acids is 2. The fraction of sp³-hybridized carbons (Fsp3) is 0.200. The van der Waals surface area contributed by atoms with Crippen LogP contribution in [0.4, 0.5) is 29.5 Å². The summed E-state index contributed by atoms with van der Waals surface area (Å²) in [4.78, 5) is 42.3. The molecule has 12 heteroatoms. The molecule has 192 valence electrons. The highest BCUT2D eigenvalue weighted by molar-refractivity contribution is 6.31. The Morgan fingerprint density at radius 2 is 1.81 bits per heavy atom. The van der Waals surface area contributed by atoms with Gasteiger partial charge in [0.15, 0.2) is 0 Å². The third kappa shape index (κ3) is 6.00. The van der Waals surface area contributed by atoms with Gasteiger partial charge in [0.05, 0.1) is 16.1 Å². The molecule has 37 heavy (non-hydrogen) atoms. The Labute approximate surface area is 214 Å². The number of aromatic carboxylic acids is 1. The highest BCUT2D eigenvalue weighted by Crippen LogP contribution is 2.36. The van der Waals surface area contributed by atoms with Gasteiger partial charge in [-0.25, -0.2) is 14.6 Å². The topological polar surface area (TPSA) is 112 Å². The fourth-order valence-electron chi connectivity index (χ4n) is 3.98. The van der Waals surface area contributed by atoms with Gasteiger partial charge in [-0.15, -0.1) is 0 Å². The number of nitrogens with one attached hydrogen (secondary N) is 2. The summed E-state index contributed by atoms with van der Waals surface area (Å²) in [5.41, 5.74) is 0.232. The van der Waals surface area contributed by atoms with Crippen molar-refractivity contribution in [1.82, 2.24) is 9.88 Å². The number of pyridine rings is 1. The molecule has 2 heterocycles. The van der Waals surface area contributed by atoms with Crippen molar-refractivity contribution in [2.75, 3.05) is 17.2 Å². The van der Waals surface area contributed by atoms with Crippen LogP contribution in [0.2, 0.25) is 5.02 Å². The molecule has 0 saturated carbocycles. The van der Waals surface area contributed by atoms with Crippen molar-refractivity contribution >= 4 is 41.0 Å². The van der Waals surface area contributed by atoms with E-state index >= 15 is 0 Å². The average molecular weight is 533 g/mol. The lowest BCUT2D eigenvalue weighted by molar-refractivity contribution is -0.137. The predicted octanol–water partition coefficient (Wildman–Crippen LogP) is 5.75. The third-order valence-corrected chi connectivity index (χ3v) is 6.13. The lowest BCUT2D eigenvalue weighted by Gasteiger charge is -2.24. The van der Waals surface area contributed by atoms with Crippen LogP contribution in [0.5, 0.6) is 0 Å². The number of carbonyl (C=O) groups is 3. The van der Waals surface area contributed by atoms with Crippen LogP contribution >= 0.6 is 11.6 Å². The molecule has 4 rings (SSSR count). The van der Waals surface area contributed by atoms with E-state index in [0.29, 0.717) is 24.0 Å². The predicted molar refractivity (Wildman–Crippen MR) is 130 cm³/mol. The molecule has 3 amide bonds. The maximum Gasteiger partial charge on any atom is 0.417 e. The normalized spacial score (nSPS) is 15.4. The number of carboxylic acid groups (broad SMARTS) is 1. The lowest BCUT2D eigenvalue weighted by Crippen LogP contribution is -2.45. The summed E-state index contributed by atoms with van der Waals surface area (Å²) in [7, 11) is 0. The average Bonchev–Trinajstić information content (AvgIpc) is 3.35. The fourth-order valence-corrected chi connectivity index (χ4v) is 4.20. The van der Waals surface area contributed by atoms with Crippen molar-refractivity contribution in [3.63, 3.8) is 0 Å². The Hall–Kier alpha value is -4.12. The number of hydrogen-bond donors (Lipinski definition) is 3. The maximum absolute atomic E-state index is 13.1. The number of alkyl halides is 3. The molecule has 8 nitrogen and oxygen atoms in total. The van der Waals surface area contributed by atoms with E-state index in [-0.39, 0.29) is 23.6 Å². The molecular formula is C25H20ClF3N4O4. The first kappa shape index (κ1) is 26.0. The number of nitrogens with zero attached hydrogens (tertiary/aromatic N) is 2. The standard InChI is InChI=1S/C25H20ClF3N4O4/c26-19-8-7-17(12-18(19)25(27,28)29)31-24(37)33-10-2-5-20(33)22(34)32-21-9-6-16(13-30-21)14-3-1-4-15(11-14)23(35)36/h1,3-4,6-9,11-13,20H,2,5,10H2,(H,31,37)(H,35,36)(H,30,32,34)/t20-/m1/s1. The molecule has 3 N–H and O–H groups in total. The minimum atomic E-state index is -4.69. The van der Waals surface area contributed by atoms with Gasteiger partial charge in [0, 0.05) is 24.0 Å². The van der Waals surface area contributed by atoms with E-state index < -0.39 is 40.7 Å².